The fourth-order valence-corrected chi connectivity index (χ4v) is 2.81. The first kappa shape index (κ1) is 13.7. The highest BCUT2D eigenvalue weighted by Crippen LogP contribution is 2.33. The molecule has 1 aliphatic heterocycles. The van der Waals surface area contributed by atoms with Crippen molar-refractivity contribution in [1.82, 2.24) is 4.98 Å². The normalized spacial score (nSPS) is 19.4. The molecule has 0 amide bonds. The summed E-state index contributed by atoms with van der Waals surface area (Å²) in [4.78, 5) is 4.25. The molecule has 2 heterocycles. The summed E-state index contributed by atoms with van der Waals surface area (Å²) in [7, 11) is 0. The Kier molecular flexibility index (Phi) is 4.15. The molecular weight excluding hydrogens is 318 g/mol. The van der Waals surface area contributed by atoms with Crippen LogP contribution in [0.15, 0.2) is 47.1 Å². The van der Waals surface area contributed by atoms with Crippen molar-refractivity contribution in [2.45, 2.75) is 25.0 Å². The maximum Gasteiger partial charge on any atom is 0.0987 e. The van der Waals surface area contributed by atoms with Gasteiger partial charge in [0.2, 0.25) is 0 Å². The van der Waals surface area contributed by atoms with Gasteiger partial charge in [-0.25, -0.2) is 0 Å². The van der Waals surface area contributed by atoms with Crippen LogP contribution in [0.1, 0.15) is 35.4 Å². The van der Waals surface area contributed by atoms with E-state index in [-0.39, 0.29) is 6.10 Å². The number of hydrogen-bond donors (Lipinski definition) is 1. The fraction of sp³-hybridized carbons (Fsp3) is 0.312. The van der Waals surface area contributed by atoms with Gasteiger partial charge in [0.05, 0.1) is 24.5 Å². The molecule has 3 rings (SSSR count). The molecule has 4 heteroatoms. The van der Waals surface area contributed by atoms with Crippen LogP contribution in [0.25, 0.3) is 0 Å². The van der Waals surface area contributed by atoms with E-state index < -0.39 is 6.10 Å². The van der Waals surface area contributed by atoms with Gasteiger partial charge in [0.1, 0.15) is 0 Å². The lowest BCUT2D eigenvalue weighted by atomic mass is 9.93. The maximum absolute atomic E-state index is 10.3. The number of nitrogens with zero attached hydrogens (tertiary/aromatic N) is 1. The number of ether oxygens (including phenoxy) is 1. The summed E-state index contributed by atoms with van der Waals surface area (Å²) in [5.41, 5.74) is 3.19. The third-order valence-corrected chi connectivity index (χ3v) is 4.09. The average molecular weight is 334 g/mol. The molecule has 1 N–H and O–H groups in total. The summed E-state index contributed by atoms with van der Waals surface area (Å²) < 4.78 is 6.73. The molecule has 0 bridgehead atoms. The maximum atomic E-state index is 10.3. The van der Waals surface area contributed by atoms with Gasteiger partial charge >= 0.3 is 0 Å². The number of rotatable bonds is 3. The van der Waals surface area contributed by atoms with Crippen molar-refractivity contribution in [3.8, 4) is 0 Å². The first-order valence-corrected chi connectivity index (χ1v) is 7.52. The lowest BCUT2D eigenvalue weighted by Crippen LogP contribution is -2.18. The summed E-state index contributed by atoms with van der Waals surface area (Å²) in [6, 6.07) is 12.0. The van der Waals surface area contributed by atoms with Gasteiger partial charge in [0, 0.05) is 17.1 Å². The first-order chi connectivity index (χ1) is 9.74. The Balaban J connectivity index is 1.77. The second-order valence-corrected chi connectivity index (χ2v) is 5.88. The number of benzene rings is 1. The van der Waals surface area contributed by atoms with Crippen LogP contribution in [-0.2, 0) is 11.2 Å². The van der Waals surface area contributed by atoms with Gasteiger partial charge < -0.3 is 9.84 Å². The van der Waals surface area contributed by atoms with Gasteiger partial charge in [-0.1, -0.05) is 24.3 Å². The van der Waals surface area contributed by atoms with Crippen molar-refractivity contribution in [2.75, 3.05) is 6.61 Å². The molecule has 2 unspecified atom stereocenters. The highest BCUT2D eigenvalue weighted by atomic mass is 79.9. The third kappa shape index (κ3) is 2.92. The number of hydrogen-bond acceptors (Lipinski definition) is 3. The molecule has 2 aromatic rings. The molecule has 0 radical (unpaired) electrons. The molecule has 2 atom stereocenters. The smallest absolute Gasteiger partial charge is 0.0987 e. The van der Waals surface area contributed by atoms with Crippen molar-refractivity contribution in [3.63, 3.8) is 0 Å². The first-order valence-electron chi connectivity index (χ1n) is 6.73. The van der Waals surface area contributed by atoms with Crippen LogP contribution in [0.2, 0.25) is 0 Å². The number of fused-ring (bicyclic) bond motifs is 1. The summed E-state index contributed by atoms with van der Waals surface area (Å²) >= 11 is 3.35. The van der Waals surface area contributed by atoms with Gasteiger partial charge in [-0.2, -0.15) is 0 Å². The van der Waals surface area contributed by atoms with E-state index >= 15 is 0 Å². The van der Waals surface area contributed by atoms with E-state index in [0.717, 1.165) is 10.9 Å². The molecule has 20 heavy (non-hydrogen) atoms. The minimum Gasteiger partial charge on any atom is -0.387 e. The molecular formula is C16H16BrNO2. The van der Waals surface area contributed by atoms with Crippen LogP contribution in [-0.4, -0.2) is 16.7 Å². The van der Waals surface area contributed by atoms with Crippen LogP contribution in [0, 0.1) is 0 Å². The molecule has 1 aromatic heterocycles. The average Bonchev–Trinajstić information content (AvgIpc) is 2.48. The van der Waals surface area contributed by atoms with E-state index in [2.05, 4.69) is 33.0 Å². The minimum absolute atomic E-state index is 0.0552. The molecule has 1 aromatic carbocycles. The van der Waals surface area contributed by atoms with Crippen molar-refractivity contribution in [2.24, 2.45) is 0 Å². The predicted octanol–water partition coefficient (Wildman–Crippen LogP) is 3.58. The standard InChI is InChI=1S/C16H16BrNO2/c17-12-5-6-14(18-10-12)15(19)9-16-13-4-2-1-3-11(13)7-8-20-16/h1-6,10,15-16,19H,7-9H2. The quantitative estimate of drug-likeness (QED) is 0.933. The summed E-state index contributed by atoms with van der Waals surface area (Å²) in [6.45, 7) is 0.710. The zero-order valence-electron chi connectivity index (χ0n) is 11.0. The Morgan fingerprint density at radius 1 is 1.30 bits per heavy atom. The molecule has 0 saturated heterocycles. The Morgan fingerprint density at radius 2 is 2.15 bits per heavy atom. The molecule has 3 nitrogen and oxygen atoms in total. The Bertz CT molecular complexity index is 585. The summed E-state index contributed by atoms with van der Waals surface area (Å²) in [5, 5.41) is 10.3. The van der Waals surface area contributed by atoms with E-state index in [1.54, 1.807) is 6.20 Å². The van der Waals surface area contributed by atoms with Gasteiger partial charge in [0.15, 0.2) is 0 Å². The van der Waals surface area contributed by atoms with E-state index in [9.17, 15) is 5.11 Å². The highest BCUT2D eigenvalue weighted by Gasteiger charge is 2.24. The van der Waals surface area contributed by atoms with Crippen LogP contribution in [0.4, 0.5) is 0 Å². The minimum atomic E-state index is -0.612. The second kappa shape index (κ2) is 6.04. The topological polar surface area (TPSA) is 42.4 Å². The van der Waals surface area contributed by atoms with Gasteiger partial charge in [-0.3, -0.25) is 4.98 Å². The summed E-state index contributed by atoms with van der Waals surface area (Å²) in [6.07, 6.45) is 2.51. The Morgan fingerprint density at radius 3 is 2.95 bits per heavy atom. The lowest BCUT2D eigenvalue weighted by Gasteiger charge is -2.27. The van der Waals surface area contributed by atoms with E-state index in [1.165, 1.54) is 11.1 Å². The molecule has 0 aliphatic carbocycles. The number of aliphatic hydroxyl groups excluding tert-OH is 1. The largest absolute Gasteiger partial charge is 0.387 e. The van der Waals surface area contributed by atoms with Gasteiger partial charge in [-0.15, -0.1) is 0 Å². The van der Waals surface area contributed by atoms with Gasteiger partial charge in [0.25, 0.3) is 0 Å². The molecule has 0 fully saturated rings. The van der Waals surface area contributed by atoms with Crippen molar-refractivity contribution in [3.05, 3.63) is 63.9 Å². The molecule has 1 aliphatic rings. The van der Waals surface area contributed by atoms with Crippen LogP contribution >= 0.6 is 15.9 Å². The molecule has 104 valence electrons. The van der Waals surface area contributed by atoms with E-state index in [4.69, 9.17) is 4.74 Å². The zero-order valence-corrected chi connectivity index (χ0v) is 12.6. The van der Waals surface area contributed by atoms with Crippen LogP contribution in [0.3, 0.4) is 0 Å². The SMILES string of the molecule is OC(CC1OCCc2ccccc21)c1ccc(Br)cn1. The fourth-order valence-electron chi connectivity index (χ4n) is 2.58. The predicted molar refractivity (Wildman–Crippen MR) is 80.4 cm³/mol. The zero-order chi connectivity index (χ0) is 13.9. The molecule has 0 saturated carbocycles. The van der Waals surface area contributed by atoms with E-state index in [1.807, 2.05) is 24.3 Å². The number of pyridine rings is 1. The third-order valence-electron chi connectivity index (χ3n) is 3.62. The van der Waals surface area contributed by atoms with E-state index in [0.29, 0.717) is 18.7 Å². The number of aliphatic hydroxyl groups is 1. The summed E-state index contributed by atoms with van der Waals surface area (Å²) in [5.74, 6) is 0. The highest BCUT2D eigenvalue weighted by molar-refractivity contribution is 9.10. The second-order valence-electron chi connectivity index (χ2n) is 4.96. The monoisotopic (exact) mass is 333 g/mol. The van der Waals surface area contributed by atoms with Crippen molar-refractivity contribution >= 4 is 15.9 Å². The lowest BCUT2D eigenvalue weighted by molar-refractivity contribution is 0.00281. The number of aromatic nitrogens is 1. The Labute approximate surface area is 126 Å². The van der Waals surface area contributed by atoms with Crippen molar-refractivity contribution in [1.29, 1.82) is 0 Å². The van der Waals surface area contributed by atoms with Crippen molar-refractivity contribution < 1.29 is 9.84 Å². The van der Waals surface area contributed by atoms with Crippen LogP contribution < -0.4 is 0 Å². The Hall–Kier alpha value is -1.23. The number of halogens is 1. The van der Waals surface area contributed by atoms with Crippen LogP contribution in [0.5, 0.6) is 0 Å². The van der Waals surface area contributed by atoms with Gasteiger partial charge in [-0.05, 0) is 45.6 Å². The molecule has 0 spiro atoms.